The fraction of sp³-hybridized carbons (Fsp3) is 0.235. The van der Waals surface area contributed by atoms with E-state index in [1.807, 2.05) is 0 Å². The number of nitrogens with two attached hydrogens (primary N) is 1. The quantitative estimate of drug-likeness (QED) is 0.764. The number of primary amides is 1. The number of rotatable bonds is 3. The molecular formula is C17H15N3O3S. The van der Waals surface area contributed by atoms with Gasteiger partial charge in [0, 0.05) is 10.4 Å². The maximum atomic E-state index is 12.6. The molecular weight excluding hydrogens is 326 g/mol. The van der Waals surface area contributed by atoms with Crippen LogP contribution in [0.4, 0.5) is 5.00 Å². The predicted molar refractivity (Wildman–Crippen MR) is 91.4 cm³/mol. The van der Waals surface area contributed by atoms with Gasteiger partial charge in [0.2, 0.25) is 0 Å². The summed E-state index contributed by atoms with van der Waals surface area (Å²) in [6, 6.07) is 5.03. The average Bonchev–Trinajstić information content (AvgIpc) is 3.17. The van der Waals surface area contributed by atoms with Crippen molar-refractivity contribution in [3.8, 4) is 0 Å². The van der Waals surface area contributed by atoms with Crippen LogP contribution in [-0.2, 0) is 12.8 Å². The van der Waals surface area contributed by atoms with E-state index in [1.165, 1.54) is 17.7 Å². The first kappa shape index (κ1) is 14.9. The molecule has 122 valence electrons. The van der Waals surface area contributed by atoms with E-state index < -0.39 is 5.91 Å². The molecule has 0 fully saturated rings. The number of benzene rings is 1. The molecule has 3 aromatic rings. The number of aryl methyl sites for hydroxylation is 1. The lowest BCUT2D eigenvalue weighted by atomic mass is 9.95. The third kappa shape index (κ3) is 2.46. The second-order valence-electron chi connectivity index (χ2n) is 5.77. The number of hydrogen-bond acceptors (Lipinski definition) is 5. The molecule has 0 bridgehead atoms. The molecule has 0 spiro atoms. The van der Waals surface area contributed by atoms with Crippen molar-refractivity contribution in [3.05, 3.63) is 46.2 Å². The summed E-state index contributed by atoms with van der Waals surface area (Å²) in [4.78, 5) is 29.6. The molecule has 0 saturated heterocycles. The van der Waals surface area contributed by atoms with E-state index in [2.05, 4.69) is 10.3 Å². The molecule has 24 heavy (non-hydrogen) atoms. The SMILES string of the molecule is NC(=O)c1c(NC(=O)c2ccc3ocnc3c2)sc2c1CCCC2. The second kappa shape index (κ2) is 5.76. The van der Waals surface area contributed by atoms with E-state index in [0.29, 0.717) is 27.2 Å². The predicted octanol–water partition coefficient (Wildman–Crippen LogP) is 3.12. The first-order valence-electron chi connectivity index (χ1n) is 7.72. The topological polar surface area (TPSA) is 98.2 Å². The van der Waals surface area contributed by atoms with Gasteiger partial charge in [-0.15, -0.1) is 11.3 Å². The minimum atomic E-state index is -0.489. The van der Waals surface area contributed by atoms with Crippen molar-refractivity contribution in [2.45, 2.75) is 25.7 Å². The summed E-state index contributed by atoms with van der Waals surface area (Å²) in [6.45, 7) is 0. The van der Waals surface area contributed by atoms with Gasteiger partial charge in [-0.1, -0.05) is 0 Å². The van der Waals surface area contributed by atoms with E-state index >= 15 is 0 Å². The number of nitrogens with one attached hydrogen (secondary N) is 1. The van der Waals surface area contributed by atoms with Crippen LogP contribution >= 0.6 is 11.3 Å². The van der Waals surface area contributed by atoms with Crippen LogP contribution in [0.25, 0.3) is 11.1 Å². The highest BCUT2D eigenvalue weighted by Crippen LogP contribution is 2.38. The van der Waals surface area contributed by atoms with Crippen molar-refractivity contribution in [1.29, 1.82) is 0 Å². The number of anilines is 1. The van der Waals surface area contributed by atoms with Gasteiger partial charge in [-0.05, 0) is 49.4 Å². The van der Waals surface area contributed by atoms with Crippen molar-refractivity contribution < 1.29 is 14.0 Å². The van der Waals surface area contributed by atoms with Gasteiger partial charge < -0.3 is 15.5 Å². The molecule has 0 unspecified atom stereocenters. The molecule has 2 aromatic heterocycles. The minimum absolute atomic E-state index is 0.291. The van der Waals surface area contributed by atoms with Gasteiger partial charge in [0.05, 0.1) is 5.56 Å². The number of oxazole rings is 1. The summed E-state index contributed by atoms with van der Waals surface area (Å²) < 4.78 is 5.17. The van der Waals surface area contributed by atoms with Gasteiger partial charge in [0.1, 0.15) is 10.5 Å². The van der Waals surface area contributed by atoms with Crippen molar-refractivity contribution in [2.75, 3.05) is 5.32 Å². The van der Waals surface area contributed by atoms with Crippen LogP contribution in [-0.4, -0.2) is 16.8 Å². The molecule has 2 amide bonds. The summed E-state index contributed by atoms with van der Waals surface area (Å²) in [5.74, 6) is -0.780. The molecule has 3 N–H and O–H groups in total. The van der Waals surface area contributed by atoms with E-state index in [0.717, 1.165) is 36.1 Å². The lowest BCUT2D eigenvalue weighted by Gasteiger charge is -2.11. The van der Waals surface area contributed by atoms with Gasteiger partial charge in [0.15, 0.2) is 12.0 Å². The molecule has 0 atom stereocenters. The molecule has 4 rings (SSSR count). The zero-order chi connectivity index (χ0) is 16.7. The molecule has 2 heterocycles. The normalized spacial score (nSPS) is 13.7. The fourth-order valence-electron chi connectivity index (χ4n) is 3.09. The number of thiophene rings is 1. The molecule has 1 aromatic carbocycles. The number of carbonyl (C=O) groups is 2. The first-order valence-corrected chi connectivity index (χ1v) is 8.54. The monoisotopic (exact) mass is 341 g/mol. The summed E-state index contributed by atoms with van der Waals surface area (Å²) in [5.41, 5.74) is 8.71. The van der Waals surface area contributed by atoms with Crippen molar-refractivity contribution in [2.24, 2.45) is 5.73 Å². The zero-order valence-corrected chi connectivity index (χ0v) is 13.6. The van der Waals surface area contributed by atoms with Crippen LogP contribution in [0.2, 0.25) is 0 Å². The van der Waals surface area contributed by atoms with Crippen LogP contribution in [0.15, 0.2) is 29.0 Å². The Kier molecular flexibility index (Phi) is 3.57. The van der Waals surface area contributed by atoms with Gasteiger partial charge in [-0.25, -0.2) is 4.98 Å². The Hall–Kier alpha value is -2.67. The summed E-state index contributed by atoms with van der Waals surface area (Å²) >= 11 is 1.45. The summed E-state index contributed by atoms with van der Waals surface area (Å²) in [5, 5.41) is 3.38. The Morgan fingerprint density at radius 2 is 2.08 bits per heavy atom. The number of fused-ring (bicyclic) bond motifs is 2. The molecule has 6 nitrogen and oxygen atoms in total. The zero-order valence-electron chi connectivity index (χ0n) is 12.8. The Bertz CT molecular complexity index is 957. The molecule has 0 radical (unpaired) electrons. The van der Waals surface area contributed by atoms with Gasteiger partial charge in [-0.2, -0.15) is 0 Å². The smallest absolute Gasteiger partial charge is 0.256 e. The van der Waals surface area contributed by atoms with Crippen molar-refractivity contribution in [3.63, 3.8) is 0 Å². The van der Waals surface area contributed by atoms with E-state index in [-0.39, 0.29) is 5.91 Å². The van der Waals surface area contributed by atoms with Crippen LogP contribution in [0.1, 0.15) is 44.0 Å². The van der Waals surface area contributed by atoms with E-state index in [4.69, 9.17) is 10.2 Å². The standard InChI is InChI=1S/C17H15N3O3S/c18-15(21)14-10-3-1-2-4-13(10)24-17(14)20-16(22)9-5-6-12-11(7-9)19-8-23-12/h5-8H,1-4H2,(H2,18,21)(H,20,22). The summed E-state index contributed by atoms with van der Waals surface area (Å²) in [6.07, 6.45) is 5.25. The van der Waals surface area contributed by atoms with Gasteiger partial charge in [-0.3, -0.25) is 9.59 Å². The van der Waals surface area contributed by atoms with Crippen LogP contribution < -0.4 is 11.1 Å². The Balaban J connectivity index is 1.68. The number of amides is 2. The first-order chi connectivity index (χ1) is 11.6. The van der Waals surface area contributed by atoms with Crippen LogP contribution in [0.3, 0.4) is 0 Å². The third-order valence-electron chi connectivity index (χ3n) is 4.24. The third-order valence-corrected chi connectivity index (χ3v) is 5.44. The highest BCUT2D eigenvalue weighted by molar-refractivity contribution is 7.17. The van der Waals surface area contributed by atoms with E-state index in [9.17, 15) is 9.59 Å². The number of carbonyl (C=O) groups excluding carboxylic acids is 2. The van der Waals surface area contributed by atoms with Gasteiger partial charge in [0.25, 0.3) is 11.8 Å². The van der Waals surface area contributed by atoms with Crippen LogP contribution in [0, 0.1) is 0 Å². The minimum Gasteiger partial charge on any atom is -0.443 e. The number of hydrogen-bond donors (Lipinski definition) is 2. The highest BCUT2D eigenvalue weighted by Gasteiger charge is 2.25. The van der Waals surface area contributed by atoms with E-state index in [1.54, 1.807) is 18.2 Å². The fourth-order valence-corrected chi connectivity index (χ4v) is 4.38. The molecule has 1 aliphatic carbocycles. The Labute approximate surface area is 141 Å². The maximum Gasteiger partial charge on any atom is 0.256 e. The van der Waals surface area contributed by atoms with Gasteiger partial charge >= 0.3 is 0 Å². The second-order valence-corrected chi connectivity index (χ2v) is 6.87. The number of nitrogens with zero attached hydrogens (tertiary/aromatic N) is 1. The lowest BCUT2D eigenvalue weighted by Crippen LogP contribution is -2.18. The Morgan fingerprint density at radius 3 is 2.92 bits per heavy atom. The largest absolute Gasteiger partial charge is 0.443 e. The Morgan fingerprint density at radius 1 is 1.25 bits per heavy atom. The van der Waals surface area contributed by atoms with Crippen molar-refractivity contribution in [1.82, 2.24) is 4.98 Å². The summed E-state index contributed by atoms with van der Waals surface area (Å²) in [7, 11) is 0. The molecule has 0 saturated carbocycles. The number of aromatic nitrogens is 1. The maximum absolute atomic E-state index is 12.6. The van der Waals surface area contributed by atoms with Crippen LogP contribution in [0.5, 0.6) is 0 Å². The molecule has 1 aliphatic rings. The lowest BCUT2D eigenvalue weighted by molar-refractivity contribution is 0.100. The average molecular weight is 341 g/mol. The van der Waals surface area contributed by atoms with Crippen molar-refractivity contribution >= 4 is 39.3 Å². The molecule has 7 heteroatoms. The highest BCUT2D eigenvalue weighted by atomic mass is 32.1. The molecule has 0 aliphatic heterocycles.